The van der Waals surface area contributed by atoms with Crippen LogP contribution in [-0.2, 0) is 16.0 Å². The van der Waals surface area contributed by atoms with Crippen LogP contribution in [0.15, 0.2) is 60.7 Å². The Balaban J connectivity index is 1.70. The van der Waals surface area contributed by atoms with Crippen LogP contribution in [0, 0.1) is 5.92 Å². The van der Waals surface area contributed by atoms with E-state index in [1.165, 1.54) is 0 Å². The summed E-state index contributed by atoms with van der Waals surface area (Å²) in [6.45, 7) is 1.62. The molecule has 5 nitrogen and oxygen atoms in total. The van der Waals surface area contributed by atoms with Crippen molar-refractivity contribution in [3.05, 3.63) is 66.2 Å². The smallest absolute Gasteiger partial charge is 0.247 e. The third-order valence-corrected chi connectivity index (χ3v) is 4.62. The van der Waals surface area contributed by atoms with Crippen LogP contribution in [0.3, 0.4) is 0 Å². The summed E-state index contributed by atoms with van der Waals surface area (Å²) in [5.74, 6) is -0.329. The molecule has 0 bridgehead atoms. The van der Waals surface area contributed by atoms with E-state index >= 15 is 0 Å². The summed E-state index contributed by atoms with van der Waals surface area (Å²) < 4.78 is 0. The average molecular weight is 351 g/mol. The van der Waals surface area contributed by atoms with Gasteiger partial charge in [-0.3, -0.25) is 9.59 Å². The number of piperidine rings is 1. The highest BCUT2D eigenvalue weighted by Gasteiger charge is 2.27. The molecular formula is C21H25N3O2. The normalized spacial score (nSPS) is 17.9. The molecule has 2 aromatic rings. The van der Waals surface area contributed by atoms with E-state index in [1.807, 2.05) is 60.7 Å². The topological polar surface area (TPSA) is 70.2 Å². The Morgan fingerprint density at radius 2 is 1.73 bits per heavy atom. The molecule has 1 heterocycles. The van der Waals surface area contributed by atoms with Gasteiger partial charge in [0.15, 0.2) is 0 Å². The first-order chi connectivity index (χ1) is 12.7. The Morgan fingerprint density at radius 3 is 2.38 bits per heavy atom. The zero-order valence-corrected chi connectivity index (χ0v) is 14.8. The second-order valence-corrected chi connectivity index (χ2v) is 6.65. The second kappa shape index (κ2) is 9.15. The van der Waals surface area contributed by atoms with Crippen molar-refractivity contribution in [2.24, 2.45) is 5.92 Å². The number of amides is 2. The summed E-state index contributed by atoms with van der Waals surface area (Å²) in [4.78, 5) is 25.4. The van der Waals surface area contributed by atoms with Gasteiger partial charge in [0.2, 0.25) is 11.8 Å². The van der Waals surface area contributed by atoms with E-state index in [4.69, 9.17) is 0 Å². The quantitative estimate of drug-likeness (QED) is 0.748. The molecule has 2 aromatic carbocycles. The molecule has 1 saturated heterocycles. The van der Waals surface area contributed by atoms with Gasteiger partial charge >= 0.3 is 0 Å². The fourth-order valence-corrected chi connectivity index (χ4v) is 3.18. The first kappa shape index (κ1) is 18.1. The molecule has 3 rings (SSSR count). The van der Waals surface area contributed by atoms with Gasteiger partial charge in [0.1, 0.15) is 6.04 Å². The lowest BCUT2D eigenvalue weighted by Crippen LogP contribution is -2.49. The number of hydrogen-bond donors (Lipinski definition) is 3. The van der Waals surface area contributed by atoms with Gasteiger partial charge in [-0.05, 0) is 37.1 Å². The Kier molecular flexibility index (Phi) is 6.39. The summed E-state index contributed by atoms with van der Waals surface area (Å²) in [5.41, 5.74) is 1.74. The molecule has 1 fully saturated rings. The maximum atomic E-state index is 12.8. The molecule has 1 aliphatic rings. The van der Waals surface area contributed by atoms with E-state index in [2.05, 4.69) is 16.0 Å². The maximum absolute atomic E-state index is 12.8. The molecular weight excluding hydrogens is 326 g/mol. The third kappa shape index (κ3) is 5.17. The molecule has 0 saturated carbocycles. The van der Waals surface area contributed by atoms with Crippen LogP contribution in [0.4, 0.5) is 5.69 Å². The Hall–Kier alpha value is -2.66. The highest BCUT2D eigenvalue weighted by Crippen LogP contribution is 2.13. The highest BCUT2D eigenvalue weighted by molar-refractivity contribution is 5.97. The van der Waals surface area contributed by atoms with Crippen molar-refractivity contribution in [1.29, 1.82) is 0 Å². The lowest BCUT2D eigenvalue weighted by atomic mass is 9.97. The standard InChI is InChI=1S/C21H25N3O2/c25-20(17-10-7-13-22-15-17)24-19(14-16-8-3-1-4-9-16)21(26)23-18-11-5-2-6-12-18/h1-6,8-9,11-12,17,19,22H,7,10,13-15H2,(H,23,26)(H,24,25). The summed E-state index contributed by atoms with van der Waals surface area (Å²) in [6.07, 6.45) is 2.31. The molecule has 5 heteroatoms. The Labute approximate surface area is 154 Å². The summed E-state index contributed by atoms with van der Waals surface area (Å²) in [5, 5.41) is 9.11. The van der Waals surface area contributed by atoms with E-state index in [9.17, 15) is 9.59 Å². The minimum atomic E-state index is -0.605. The molecule has 1 aliphatic heterocycles. The molecule has 136 valence electrons. The van der Waals surface area contributed by atoms with Gasteiger partial charge in [0.05, 0.1) is 5.92 Å². The van der Waals surface area contributed by atoms with Gasteiger partial charge in [-0.1, -0.05) is 48.5 Å². The first-order valence-corrected chi connectivity index (χ1v) is 9.13. The van der Waals surface area contributed by atoms with E-state index in [1.54, 1.807) is 0 Å². The third-order valence-electron chi connectivity index (χ3n) is 4.62. The van der Waals surface area contributed by atoms with Crippen LogP contribution in [0.2, 0.25) is 0 Å². The van der Waals surface area contributed by atoms with E-state index < -0.39 is 6.04 Å². The van der Waals surface area contributed by atoms with Gasteiger partial charge in [0.25, 0.3) is 0 Å². The van der Waals surface area contributed by atoms with Crippen LogP contribution in [0.25, 0.3) is 0 Å². The van der Waals surface area contributed by atoms with E-state index in [0.29, 0.717) is 13.0 Å². The molecule has 0 aromatic heterocycles. The minimum absolute atomic E-state index is 0.0543. The van der Waals surface area contributed by atoms with Crippen molar-refractivity contribution in [2.75, 3.05) is 18.4 Å². The largest absolute Gasteiger partial charge is 0.344 e. The van der Waals surface area contributed by atoms with Crippen LogP contribution in [-0.4, -0.2) is 30.9 Å². The summed E-state index contributed by atoms with van der Waals surface area (Å²) in [6, 6.07) is 18.5. The van der Waals surface area contributed by atoms with Gasteiger partial charge in [-0.25, -0.2) is 0 Å². The fourth-order valence-electron chi connectivity index (χ4n) is 3.18. The lowest BCUT2D eigenvalue weighted by Gasteiger charge is -2.25. The first-order valence-electron chi connectivity index (χ1n) is 9.13. The van der Waals surface area contributed by atoms with Crippen molar-refractivity contribution in [2.45, 2.75) is 25.3 Å². The van der Waals surface area contributed by atoms with Gasteiger partial charge in [0, 0.05) is 18.7 Å². The van der Waals surface area contributed by atoms with Crippen molar-refractivity contribution in [3.63, 3.8) is 0 Å². The summed E-state index contributed by atoms with van der Waals surface area (Å²) >= 11 is 0. The van der Waals surface area contributed by atoms with Crippen LogP contribution in [0.1, 0.15) is 18.4 Å². The zero-order valence-electron chi connectivity index (χ0n) is 14.8. The fraction of sp³-hybridized carbons (Fsp3) is 0.333. The number of rotatable bonds is 6. The number of benzene rings is 2. The highest BCUT2D eigenvalue weighted by atomic mass is 16.2. The van der Waals surface area contributed by atoms with E-state index in [-0.39, 0.29) is 17.7 Å². The number of para-hydroxylation sites is 1. The van der Waals surface area contributed by atoms with Crippen molar-refractivity contribution in [1.82, 2.24) is 10.6 Å². The molecule has 2 amide bonds. The van der Waals surface area contributed by atoms with Crippen molar-refractivity contribution >= 4 is 17.5 Å². The molecule has 2 unspecified atom stereocenters. The predicted octanol–water partition coefficient (Wildman–Crippen LogP) is 2.35. The maximum Gasteiger partial charge on any atom is 0.247 e. The molecule has 2 atom stereocenters. The minimum Gasteiger partial charge on any atom is -0.344 e. The SMILES string of the molecule is O=C(NC(Cc1ccccc1)C(=O)Nc1ccccc1)C1CCCNC1. The zero-order chi connectivity index (χ0) is 18.2. The summed E-state index contributed by atoms with van der Waals surface area (Å²) in [7, 11) is 0. The van der Waals surface area contributed by atoms with Crippen molar-refractivity contribution < 1.29 is 9.59 Å². The van der Waals surface area contributed by atoms with Crippen LogP contribution >= 0.6 is 0 Å². The number of hydrogen-bond acceptors (Lipinski definition) is 3. The predicted molar refractivity (Wildman–Crippen MR) is 103 cm³/mol. The monoisotopic (exact) mass is 351 g/mol. The van der Waals surface area contributed by atoms with Gasteiger partial charge in [-0.2, -0.15) is 0 Å². The van der Waals surface area contributed by atoms with Crippen molar-refractivity contribution in [3.8, 4) is 0 Å². The second-order valence-electron chi connectivity index (χ2n) is 6.65. The van der Waals surface area contributed by atoms with Crippen LogP contribution in [0.5, 0.6) is 0 Å². The molecule has 0 aliphatic carbocycles. The average Bonchev–Trinajstić information content (AvgIpc) is 2.69. The number of carbonyl (C=O) groups is 2. The molecule has 26 heavy (non-hydrogen) atoms. The molecule has 3 N–H and O–H groups in total. The molecule has 0 spiro atoms. The van der Waals surface area contributed by atoms with Crippen LogP contribution < -0.4 is 16.0 Å². The van der Waals surface area contributed by atoms with Gasteiger partial charge < -0.3 is 16.0 Å². The number of nitrogens with one attached hydrogen (secondary N) is 3. The van der Waals surface area contributed by atoms with Gasteiger partial charge in [-0.15, -0.1) is 0 Å². The Bertz CT molecular complexity index is 713. The molecule has 0 radical (unpaired) electrons. The lowest BCUT2D eigenvalue weighted by molar-refractivity contribution is -0.129. The Morgan fingerprint density at radius 1 is 1.04 bits per heavy atom. The number of carbonyl (C=O) groups excluding carboxylic acids is 2. The number of anilines is 1. The van der Waals surface area contributed by atoms with E-state index in [0.717, 1.165) is 30.6 Å².